The molecule has 1 aliphatic heterocycles. The highest BCUT2D eigenvalue weighted by Crippen LogP contribution is 2.34. The van der Waals surface area contributed by atoms with Crippen LogP contribution in [0.4, 0.5) is 10.5 Å². The summed E-state index contributed by atoms with van der Waals surface area (Å²) in [5.41, 5.74) is 1.94. The summed E-state index contributed by atoms with van der Waals surface area (Å²) in [5, 5.41) is 17.5. The van der Waals surface area contributed by atoms with Crippen molar-refractivity contribution in [1.82, 2.24) is 30.1 Å². The molecule has 0 saturated carbocycles. The summed E-state index contributed by atoms with van der Waals surface area (Å²) in [6.45, 7) is 2.12. The molecule has 0 saturated heterocycles. The van der Waals surface area contributed by atoms with E-state index in [0.29, 0.717) is 40.4 Å². The van der Waals surface area contributed by atoms with Crippen LogP contribution in [0.2, 0.25) is 0 Å². The average molecular weight is 393 g/mol. The van der Waals surface area contributed by atoms with Gasteiger partial charge in [0.05, 0.1) is 6.54 Å². The van der Waals surface area contributed by atoms with Crippen LogP contribution in [0, 0.1) is 6.92 Å². The summed E-state index contributed by atoms with van der Waals surface area (Å²) < 4.78 is 17.5. The minimum atomic E-state index is -0.376. The second kappa shape index (κ2) is 6.78. The fourth-order valence-corrected chi connectivity index (χ4v) is 2.92. The first-order valence-electron chi connectivity index (χ1n) is 8.74. The van der Waals surface area contributed by atoms with E-state index in [4.69, 9.17) is 14.0 Å². The molecule has 11 nitrogen and oxygen atoms in total. The van der Waals surface area contributed by atoms with Crippen molar-refractivity contribution in [3.63, 3.8) is 0 Å². The van der Waals surface area contributed by atoms with Crippen molar-refractivity contribution >= 4 is 17.4 Å². The number of fused-ring (bicyclic) bond motifs is 2. The first-order chi connectivity index (χ1) is 14.2. The van der Waals surface area contributed by atoms with Gasteiger partial charge in [-0.05, 0) is 31.2 Å². The van der Waals surface area contributed by atoms with Crippen LogP contribution in [-0.4, -0.2) is 37.6 Å². The van der Waals surface area contributed by atoms with E-state index in [1.165, 1.54) is 0 Å². The first kappa shape index (κ1) is 17.0. The van der Waals surface area contributed by atoms with Crippen LogP contribution < -0.4 is 20.1 Å². The van der Waals surface area contributed by atoms with Gasteiger partial charge in [-0.3, -0.25) is 4.40 Å². The minimum Gasteiger partial charge on any atom is -0.454 e. The number of anilines is 1. The molecule has 2 amide bonds. The van der Waals surface area contributed by atoms with E-state index < -0.39 is 0 Å². The largest absolute Gasteiger partial charge is 0.454 e. The summed E-state index contributed by atoms with van der Waals surface area (Å²) in [7, 11) is 0. The molecule has 11 heteroatoms. The Balaban J connectivity index is 1.26. The van der Waals surface area contributed by atoms with Gasteiger partial charge in [-0.2, -0.15) is 4.98 Å². The van der Waals surface area contributed by atoms with E-state index >= 15 is 0 Å². The van der Waals surface area contributed by atoms with Crippen LogP contribution in [0.15, 0.2) is 41.1 Å². The van der Waals surface area contributed by atoms with Crippen molar-refractivity contribution in [2.45, 2.75) is 13.5 Å². The van der Waals surface area contributed by atoms with E-state index in [2.05, 4.69) is 31.0 Å². The number of benzene rings is 1. The lowest BCUT2D eigenvalue weighted by atomic mass is 10.2. The van der Waals surface area contributed by atoms with E-state index in [0.717, 1.165) is 5.56 Å². The zero-order valence-electron chi connectivity index (χ0n) is 15.2. The summed E-state index contributed by atoms with van der Waals surface area (Å²) in [5.74, 6) is 2.80. The summed E-state index contributed by atoms with van der Waals surface area (Å²) in [6, 6.07) is 8.41. The summed E-state index contributed by atoms with van der Waals surface area (Å²) >= 11 is 0. The number of rotatable bonds is 4. The third-order valence-electron chi connectivity index (χ3n) is 4.29. The molecule has 0 radical (unpaired) electrons. The molecular weight excluding hydrogens is 378 g/mol. The second-order valence-corrected chi connectivity index (χ2v) is 6.28. The van der Waals surface area contributed by atoms with Gasteiger partial charge in [0.2, 0.25) is 6.79 Å². The number of nitrogens with zero attached hydrogens (tertiary/aromatic N) is 5. The standard InChI is InChI=1S/C18H15N7O4/c1-10-20-17(29-24-10)11-4-5-25-15(6-11)22-23-16(25)8-19-18(26)21-12-2-3-13-14(7-12)28-9-27-13/h2-7H,8-9H2,1H3,(H2,19,21,26). The fourth-order valence-electron chi connectivity index (χ4n) is 2.92. The van der Waals surface area contributed by atoms with Crippen LogP contribution in [0.5, 0.6) is 11.5 Å². The maximum atomic E-state index is 12.2. The van der Waals surface area contributed by atoms with Gasteiger partial charge in [-0.1, -0.05) is 5.16 Å². The molecule has 29 heavy (non-hydrogen) atoms. The fraction of sp³-hybridized carbons (Fsp3) is 0.167. The van der Waals surface area contributed by atoms with Crippen LogP contribution in [-0.2, 0) is 6.54 Å². The molecule has 3 aromatic heterocycles. The number of hydrogen-bond donors (Lipinski definition) is 2. The molecule has 0 aliphatic carbocycles. The lowest BCUT2D eigenvalue weighted by Gasteiger charge is -2.07. The highest BCUT2D eigenvalue weighted by Gasteiger charge is 2.15. The average Bonchev–Trinajstić information content (AvgIpc) is 3.45. The molecule has 0 spiro atoms. The normalized spacial score (nSPS) is 12.3. The number of hydrogen-bond acceptors (Lipinski definition) is 8. The van der Waals surface area contributed by atoms with E-state index in [1.54, 1.807) is 41.8 Å². The smallest absolute Gasteiger partial charge is 0.319 e. The number of pyridine rings is 1. The lowest BCUT2D eigenvalue weighted by Crippen LogP contribution is -2.28. The van der Waals surface area contributed by atoms with Crippen molar-refractivity contribution in [2.75, 3.05) is 12.1 Å². The topological polar surface area (TPSA) is 129 Å². The van der Waals surface area contributed by atoms with Gasteiger partial charge < -0.3 is 24.6 Å². The van der Waals surface area contributed by atoms with Crippen molar-refractivity contribution < 1.29 is 18.8 Å². The SMILES string of the molecule is Cc1noc(-c2ccn3c(CNC(=O)Nc4ccc5c(c4)OCO5)nnc3c2)n1. The van der Waals surface area contributed by atoms with Crippen LogP contribution in [0.25, 0.3) is 17.1 Å². The monoisotopic (exact) mass is 393 g/mol. The number of urea groups is 1. The number of aryl methyl sites for hydroxylation is 1. The maximum absolute atomic E-state index is 12.2. The Morgan fingerprint density at radius 1 is 1.17 bits per heavy atom. The molecule has 0 bridgehead atoms. The molecule has 1 aromatic carbocycles. The molecule has 0 atom stereocenters. The van der Waals surface area contributed by atoms with Crippen LogP contribution in [0.1, 0.15) is 11.6 Å². The quantitative estimate of drug-likeness (QED) is 0.540. The van der Waals surface area contributed by atoms with Crippen molar-refractivity contribution in [3.8, 4) is 23.0 Å². The number of ether oxygens (including phenoxy) is 2. The molecule has 0 fully saturated rings. The Labute approximate surface area is 163 Å². The summed E-state index contributed by atoms with van der Waals surface area (Å²) in [6.07, 6.45) is 1.79. The Morgan fingerprint density at radius 3 is 2.93 bits per heavy atom. The van der Waals surface area contributed by atoms with Crippen molar-refractivity contribution in [3.05, 3.63) is 48.2 Å². The molecule has 0 unspecified atom stereocenters. The van der Waals surface area contributed by atoms with E-state index in [1.807, 2.05) is 6.07 Å². The highest BCUT2D eigenvalue weighted by atomic mass is 16.7. The Morgan fingerprint density at radius 2 is 2.07 bits per heavy atom. The van der Waals surface area contributed by atoms with Crippen molar-refractivity contribution in [1.29, 1.82) is 0 Å². The molecule has 4 aromatic rings. The zero-order chi connectivity index (χ0) is 19.8. The number of carbonyl (C=O) groups is 1. The molecule has 5 rings (SSSR count). The Kier molecular flexibility index (Phi) is 3.97. The van der Waals surface area contributed by atoms with Crippen LogP contribution in [0.3, 0.4) is 0 Å². The van der Waals surface area contributed by atoms with Gasteiger partial charge in [0.15, 0.2) is 28.8 Å². The van der Waals surface area contributed by atoms with E-state index in [-0.39, 0.29) is 19.4 Å². The molecule has 1 aliphatic rings. The van der Waals surface area contributed by atoms with Crippen LogP contribution >= 0.6 is 0 Å². The van der Waals surface area contributed by atoms with Gasteiger partial charge >= 0.3 is 6.03 Å². The predicted molar refractivity (Wildman–Crippen MR) is 99.4 cm³/mol. The molecular formula is C18H15N7O4. The Bertz CT molecular complexity index is 1220. The molecule has 146 valence electrons. The number of nitrogens with one attached hydrogen (secondary N) is 2. The van der Waals surface area contributed by atoms with Gasteiger partial charge in [-0.15, -0.1) is 10.2 Å². The summed E-state index contributed by atoms with van der Waals surface area (Å²) in [4.78, 5) is 16.4. The zero-order valence-corrected chi connectivity index (χ0v) is 15.2. The second-order valence-electron chi connectivity index (χ2n) is 6.28. The van der Waals surface area contributed by atoms with Crippen molar-refractivity contribution in [2.24, 2.45) is 0 Å². The third-order valence-corrected chi connectivity index (χ3v) is 4.29. The highest BCUT2D eigenvalue weighted by molar-refractivity contribution is 5.89. The predicted octanol–water partition coefficient (Wildman–Crippen LogP) is 2.14. The molecule has 4 heterocycles. The Hall–Kier alpha value is -4.15. The van der Waals surface area contributed by atoms with E-state index in [9.17, 15) is 4.79 Å². The first-order valence-corrected chi connectivity index (χ1v) is 8.74. The van der Waals surface area contributed by atoms with Gasteiger partial charge in [-0.25, -0.2) is 4.79 Å². The van der Waals surface area contributed by atoms with Gasteiger partial charge in [0.1, 0.15) is 0 Å². The number of carbonyl (C=O) groups excluding carboxylic acids is 1. The van der Waals surface area contributed by atoms with Gasteiger partial charge in [0, 0.05) is 23.5 Å². The van der Waals surface area contributed by atoms with Gasteiger partial charge in [0.25, 0.3) is 5.89 Å². The lowest BCUT2D eigenvalue weighted by molar-refractivity contribution is 0.174. The number of aromatic nitrogens is 5. The minimum absolute atomic E-state index is 0.179. The molecule has 2 N–H and O–H groups in total. The maximum Gasteiger partial charge on any atom is 0.319 e. The number of amides is 2. The third kappa shape index (κ3) is 3.29.